The van der Waals surface area contributed by atoms with Crippen LogP contribution in [0, 0.1) is 10.1 Å². The lowest BCUT2D eigenvalue weighted by molar-refractivity contribution is -0.384. The number of nitro groups is 1. The molecule has 1 unspecified atom stereocenters. The van der Waals surface area contributed by atoms with Crippen LogP contribution >= 0.6 is 0 Å². The van der Waals surface area contributed by atoms with Gasteiger partial charge in [0.1, 0.15) is 11.6 Å². The van der Waals surface area contributed by atoms with E-state index >= 15 is 0 Å². The molecule has 1 saturated heterocycles. The van der Waals surface area contributed by atoms with Gasteiger partial charge in [0, 0.05) is 20.2 Å². The fourth-order valence-electron chi connectivity index (χ4n) is 1.86. The van der Waals surface area contributed by atoms with Gasteiger partial charge in [0.05, 0.1) is 23.2 Å². The molecule has 0 aliphatic carbocycles. The number of rotatable bonds is 5. The zero-order valence-corrected chi connectivity index (χ0v) is 10.2. The summed E-state index contributed by atoms with van der Waals surface area (Å²) in [6.45, 7) is 1.41. The quantitative estimate of drug-likeness (QED) is 0.611. The van der Waals surface area contributed by atoms with E-state index in [4.69, 9.17) is 4.74 Å². The van der Waals surface area contributed by atoms with Gasteiger partial charge in [-0.3, -0.25) is 10.1 Å². The van der Waals surface area contributed by atoms with E-state index in [0.717, 1.165) is 19.4 Å². The summed E-state index contributed by atoms with van der Waals surface area (Å²) in [5, 5.41) is 16.7. The molecule has 2 rings (SSSR count). The molecule has 0 saturated carbocycles. The number of hydrogen-bond donors (Lipinski definition) is 2. The standard InChI is InChI=1S/C11H16N4O3/c1-12-10-5-8(15(16)17)6-11(14-10)13-7-9-3-2-4-18-9/h5-6,9H,2-4,7H2,1H3,(H2,12,13,14). The maximum atomic E-state index is 10.8. The summed E-state index contributed by atoms with van der Waals surface area (Å²) in [5.41, 5.74) is 0.0178. The van der Waals surface area contributed by atoms with Gasteiger partial charge in [0.25, 0.3) is 5.69 Å². The molecule has 0 bridgehead atoms. The van der Waals surface area contributed by atoms with Crippen molar-refractivity contribution in [3.05, 3.63) is 22.2 Å². The number of anilines is 2. The minimum atomic E-state index is -0.431. The summed E-state index contributed by atoms with van der Waals surface area (Å²) in [6, 6.07) is 2.83. The maximum Gasteiger partial charge on any atom is 0.276 e. The fraction of sp³-hybridized carbons (Fsp3) is 0.545. The highest BCUT2D eigenvalue weighted by molar-refractivity contribution is 5.54. The van der Waals surface area contributed by atoms with E-state index in [1.54, 1.807) is 7.05 Å². The lowest BCUT2D eigenvalue weighted by Crippen LogP contribution is -2.19. The summed E-state index contributed by atoms with van der Waals surface area (Å²) in [4.78, 5) is 14.6. The number of nitrogens with one attached hydrogen (secondary N) is 2. The van der Waals surface area contributed by atoms with Gasteiger partial charge in [-0.1, -0.05) is 0 Å². The molecule has 1 fully saturated rings. The van der Waals surface area contributed by atoms with Crippen molar-refractivity contribution in [1.29, 1.82) is 0 Å². The van der Waals surface area contributed by atoms with Gasteiger partial charge in [0.2, 0.25) is 0 Å². The van der Waals surface area contributed by atoms with Crippen LogP contribution in [0.3, 0.4) is 0 Å². The van der Waals surface area contributed by atoms with Crippen LogP contribution in [-0.4, -0.2) is 36.2 Å². The van der Waals surface area contributed by atoms with Crippen LogP contribution in [-0.2, 0) is 4.74 Å². The van der Waals surface area contributed by atoms with E-state index in [0.29, 0.717) is 18.2 Å². The second kappa shape index (κ2) is 5.63. The second-order valence-electron chi connectivity index (χ2n) is 4.12. The highest BCUT2D eigenvalue weighted by Crippen LogP contribution is 2.21. The van der Waals surface area contributed by atoms with Gasteiger partial charge in [-0.05, 0) is 12.8 Å². The van der Waals surface area contributed by atoms with E-state index in [2.05, 4.69) is 15.6 Å². The zero-order valence-electron chi connectivity index (χ0n) is 10.2. The molecule has 18 heavy (non-hydrogen) atoms. The van der Waals surface area contributed by atoms with Gasteiger partial charge >= 0.3 is 0 Å². The Morgan fingerprint density at radius 1 is 1.56 bits per heavy atom. The molecule has 1 aliphatic rings. The summed E-state index contributed by atoms with van der Waals surface area (Å²) < 4.78 is 5.47. The minimum absolute atomic E-state index is 0.0178. The van der Waals surface area contributed by atoms with Crippen molar-refractivity contribution in [1.82, 2.24) is 4.98 Å². The monoisotopic (exact) mass is 252 g/mol. The van der Waals surface area contributed by atoms with Crippen molar-refractivity contribution in [2.75, 3.05) is 30.8 Å². The normalized spacial score (nSPS) is 18.6. The van der Waals surface area contributed by atoms with Crippen LogP contribution in [0.2, 0.25) is 0 Å². The lowest BCUT2D eigenvalue weighted by Gasteiger charge is -2.11. The number of aromatic nitrogens is 1. The highest BCUT2D eigenvalue weighted by Gasteiger charge is 2.16. The van der Waals surface area contributed by atoms with Crippen molar-refractivity contribution in [3.63, 3.8) is 0 Å². The van der Waals surface area contributed by atoms with Crippen LogP contribution in [0.4, 0.5) is 17.3 Å². The summed E-state index contributed by atoms with van der Waals surface area (Å²) in [6.07, 6.45) is 2.25. The molecule has 2 N–H and O–H groups in total. The molecule has 0 aromatic carbocycles. The van der Waals surface area contributed by atoms with E-state index in [-0.39, 0.29) is 11.8 Å². The molecule has 98 valence electrons. The predicted molar refractivity (Wildman–Crippen MR) is 67.9 cm³/mol. The van der Waals surface area contributed by atoms with Gasteiger partial charge in [0.15, 0.2) is 0 Å². The minimum Gasteiger partial charge on any atom is -0.376 e. The third kappa shape index (κ3) is 3.07. The third-order valence-electron chi connectivity index (χ3n) is 2.81. The average Bonchev–Trinajstić information content (AvgIpc) is 2.89. The first-order valence-electron chi connectivity index (χ1n) is 5.89. The van der Waals surface area contributed by atoms with Gasteiger partial charge < -0.3 is 15.4 Å². The van der Waals surface area contributed by atoms with Gasteiger partial charge in [-0.25, -0.2) is 4.98 Å². The summed E-state index contributed by atoms with van der Waals surface area (Å²) >= 11 is 0. The first kappa shape index (κ1) is 12.6. The SMILES string of the molecule is CNc1cc([N+](=O)[O-])cc(NCC2CCCO2)n1. The molecule has 0 spiro atoms. The topological polar surface area (TPSA) is 89.3 Å². The fourth-order valence-corrected chi connectivity index (χ4v) is 1.86. The van der Waals surface area contributed by atoms with Crippen LogP contribution in [0.5, 0.6) is 0 Å². The Bertz CT molecular complexity index is 432. The second-order valence-corrected chi connectivity index (χ2v) is 4.12. The summed E-state index contributed by atoms with van der Waals surface area (Å²) in [5.74, 6) is 0.961. The van der Waals surface area contributed by atoms with Crippen LogP contribution < -0.4 is 10.6 Å². The Morgan fingerprint density at radius 3 is 2.94 bits per heavy atom. The van der Waals surface area contributed by atoms with Crippen molar-refractivity contribution in [2.24, 2.45) is 0 Å². The van der Waals surface area contributed by atoms with Crippen molar-refractivity contribution >= 4 is 17.3 Å². The van der Waals surface area contributed by atoms with E-state index < -0.39 is 4.92 Å². The molecule has 1 atom stereocenters. The number of ether oxygens (including phenoxy) is 1. The van der Waals surface area contributed by atoms with Gasteiger partial charge in [-0.2, -0.15) is 0 Å². The maximum absolute atomic E-state index is 10.8. The van der Waals surface area contributed by atoms with Crippen molar-refractivity contribution in [3.8, 4) is 0 Å². The molecule has 2 heterocycles. The number of pyridine rings is 1. The Kier molecular flexibility index (Phi) is 3.93. The number of nitrogens with zero attached hydrogens (tertiary/aromatic N) is 2. The van der Waals surface area contributed by atoms with Crippen LogP contribution in [0.25, 0.3) is 0 Å². The number of hydrogen-bond acceptors (Lipinski definition) is 6. The van der Waals surface area contributed by atoms with Crippen molar-refractivity contribution < 1.29 is 9.66 Å². The molecule has 1 aliphatic heterocycles. The van der Waals surface area contributed by atoms with Crippen molar-refractivity contribution in [2.45, 2.75) is 18.9 Å². The molecule has 0 amide bonds. The Hall–Kier alpha value is -1.89. The largest absolute Gasteiger partial charge is 0.376 e. The Balaban J connectivity index is 2.05. The third-order valence-corrected chi connectivity index (χ3v) is 2.81. The molecule has 1 aromatic rings. The highest BCUT2D eigenvalue weighted by atomic mass is 16.6. The van der Waals surface area contributed by atoms with E-state index in [1.165, 1.54) is 12.1 Å². The molecule has 7 nitrogen and oxygen atoms in total. The first-order chi connectivity index (χ1) is 8.69. The zero-order chi connectivity index (χ0) is 13.0. The smallest absolute Gasteiger partial charge is 0.276 e. The lowest BCUT2D eigenvalue weighted by atomic mass is 10.2. The molecular weight excluding hydrogens is 236 g/mol. The Labute approximate surface area is 105 Å². The van der Waals surface area contributed by atoms with E-state index in [9.17, 15) is 10.1 Å². The molecule has 0 radical (unpaired) electrons. The molecular formula is C11H16N4O3. The Morgan fingerprint density at radius 2 is 2.33 bits per heavy atom. The summed E-state index contributed by atoms with van der Waals surface area (Å²) in [7, 11) is 1.68. The van der Waals surface area contributed by atoms with E-state index in [1.807, 2.05) is 0 Å². The van der Waals surface area contributed by atoms with Gasteiger partial charge in [-0.15, -0.1) is 0 Å². The molecule has 7 heteroatoms. The molecule has 1 aromatic heterocycles. The average molecular weight is 252 g/mol. The first-order valence-corrected chi connectivity index (χ1v) is 5.89. The predicted octanol–water partition coefficient (Wildman–Crippen LogP) is 1.62. The van der Waals surface area contributed by atoms with Crippen LogP contribution in [0.1, 0.15) is 12.8 Å². The van der Waals surface area contributed by atoms with Crippen LogP contribution in [0.15, 0.2) is 12.1 Å².